The molecule has 0 radical (unpaired) electrons. The van der Waals surface area contributed by atoms with Crippen molar-refractivity contribution >= 4 is 5.91 Å². The summed E-state index contributed by atoms with van der Waals surface area (Å²) in [6.45, 7) is 11.6. The highest BCUT2D eigenvalue weighted by molar-refractivity contribution is 5.85. The third-order valence-corrected chi connectivity index (χ3v) is 3.63. The molecule has 0 N–H and O–H groups in total. The van der Waals surface area contributed by atoms with Crippen LogP contribution in [-0.2, 0) is 4.79 Å². The first-order chi connectivity index (χ1) is 6.82. The number of rotatable bonds is 1. The molecule has 3 heteroatoms. The Morgan fingerprint density at radius 1 is 1.33 bits per heavy atom. The monoisotopic (exact) mass is 210 g/mol. The summed E-state index contributed by atoms with van der Waals surface area (Å²) in [5.74, 6) is 0.332. The number of nitrogens with zero attached hydrogens (tertiary/aromatic N) is 2. The molecule has 3 nitrogen and oxygen atoms in total. The molecular formula is C12H22N2O. The van der Waals surface area contributed by atoms with Crippen LogP contribution in [0.4, 0.5) is 0 Å². The zero-order valence-electron chi connectivity index (χ0n) is 10.4. The fourth-order valence-electron chi connectivity index (χ4n) is 2.88. The zero-order chi connectivity index (χ0) is 11.4. The van der Waals surface area contributed by atoms with Gasteiger partial charge in [0.2, 0.25) is 5.91 Å². The third-order valence-electron chi connectivity index (χ3n) is 3.63. The van der Waals surface area contributed by atoms with E-state index in [0.29, 0.717) is 18.0 Å². The average Bonchev–Trinajstić information content (AvgIpc) is 1.98. The van der Waals surface area contributed by atoms with Gasteiger partial charge in [-0.2, -0.15) is 0 Å². The number of fused-ring (bicyclic) bond motifs is 2. The topological polar surface area (TPSA) is 23.6 Å². The Labute approximate surface area is 92.4 Å². The van der Waals surface area contributed by atoms with Crippen LogP contribution in [0.1, 0.15) is 41.0 Å². The van der Waals surface area contributed by atoms with E-state index < -0.39 is 0 Å². The summed E-state index contributed by atoms with van der Waals surface area (Å²) < 4.78 is 0. The first kappa shape index (κ1) is 10.9. The van der Waals surface area contributed by atoms with Gasteiger partial charge < -0.3 is 4.90 Å². The van der Waals surface area contributed by atoms with E-state index >= 15 is 0 Å². The second-order valence-corrected chi connectivity index (χ2v) is 6.07. The molecule has 2 atom stereocenters. The molecule has 0 aliphatic carbocycles. The summed E-state index contributed by atoms with van der Waals surface area (Å²) in [5, 5.41) is 0. The Morgan fingerprint density at radius 3 is 2.33 bits per heavy atom. The normalized spacial score (nSPS) is 32.1. The minimum atomic E-state index is -0.0168. The van der Waals surface area contributed by atoms with Crippen LogP contribution in [0, 0.1) is 0 Å². The molecule has 3 aliphatic heterocycles. The number of piperazine rings is 1. The Bertz CT molecular complexity index is 280. The summed E-state index contributed by atoms with van der Waals surface area (Å²) in [4.78, 5) is 16.6. The highest BCUT2D eigenvalue weighted by atomic mass is 16.2. The van der Waals surface area contributed by atoms with Crippen molar-refractivity contribution in [3.63, 3.8) is 0 Å². The van der Waals surface area contributed by atoms with Crippen molar-refractivity contribution in [2.75, 3.05) is 6.54 Å². The van der Waals surface area contributed by atoms with Gasteiger partial charge in [0.25, 0.3) is 0 Å². The molecule has 0 aromatic heterocycles. The van der Waals surface area contributed by atoms with Gasteiger partial charge in [0.05, 0.1) is 6.04 Å². The predicted octanol–water partition coefficient (Wildman–Crippen LogP) is 1.48. The van der Waals surface area contributed by atoms with Crippen LogP contribution in [-0.4, -0.2) is 45.9 Å². The molecule has 2 bridgehead atoms. The molecule has 0 aromatic rings. The second kappa shape index (κ2) is 3.21. The zero-order valence-corrected chi connectivity index (χ0v) is 10.4. The van der Waals surface area contributed by atoms with Gasteiger partial charge in [-0.1, -0.05) is 0 Å². The Balaban J connectivity index is 2.13. The maximum Gasteiger partial charge on any atom is 0.240 e. The van der Waals surface area contributed by atoms with Gasteiger partial charge in [-0.3, -0.25) is 9.69 Å². The van der Waals surface area contributed by atoms with Gasteiger partial charge in [-0.05, 0) is 41.0 Å². The molecular weight excluding hydrogens is 188 g/mol. The summed E-state index contributed by atoms with van der Waals surface area (Å²) in [6.07, 6.45) is 1.07. The lowest BCUT2D eigenvalue weighted by atomic mass is 9.83. The van der Waals surface area contributed by atoms with Crippen LogP contribution in [0.25, 0.3) is 0 Å². The maximum atomic E-state index is 12.2. The van der Waals surface area contributed by atoms with E-state index in [-0.39, 0.29) is 11.6 Å². The molecule has 3 aliphatic rings. The van der Waals surface area contributed by atoms with E-state index in [2.05, 4.69) is 39.5 Å². The number of amides is 1. The van der Waals surface area contributed by atoms with E-state index in [0.717, 1.165) is 13.0 Å². The molecule has 2 unspecified atom stereocenters. The maximum absolute atomic E-state index is 12.2. The minimum absolute atomic E-state index is 0.0168. The smallest absolute Gasteiger partial charge is 0.240 e. The van der Waals surface area contributed by atoms with Crippen LogP contribution < -0.4 is 0 Å². The minimum Gasteiger partial charge on any atom is -0.335 e. The Hall–Kier alpha value is -0.570. The summed E-state index contributed by atoms with van der Waals surface area (Å²) in [5.41, 5.74) is -0.0168. The fraction of sp³-hybridized carbons (Fsp3) is 0.917. The largest absolute Gasteiger partial charge is 0.335 e. The van der Waals surface area contributed by atoms with Gasteiger partial charge >= 0.3 is 0 Å². The number of hydrogen-bond acceptors (Lipinski definition) is 2. The van der Waals surface area contributed by atoms with E-state index in [9.17, 15) is 4.79 Å². The first-order valence-corrected chi connectivity index (χ1v) is 5.91. The van der Waals surface area contributed by atoms with Crippen molar-refractivity contribution in [3.05, 3.63) is 0 Å². The Morgan fingerprint density at radius 2 is 1.93 bits per heavy atom. The standard InChI is InChI=1S/C12H22N2O/c1-8(2)14-9-6-10(14)11(15)13(7-9)12(3,4)5/h8-10H,6-7H2,1-5H3. The first-order valence-electron chi connectivity index (χ1n) is 5.91. The number of hydrogen-bond donors (Lipinski definition) is 0. The van der Waals surface area contributed by atoms with Crippen molar-refractivity contribution in [3.8, 4) is 0 Å². The van der Waals surface area contributed by atoms with E-state index in [4.69, 9.17) is 0 Å². The third kappa shape index (κ3) is 1.57. The van der Waals surface area contributed by atoms with Crippen molar-refractivity contribution < 1.29 is 4.79 Å². The molecule has 15 heavy (non-hydrogen) atoms. The van der Waals surface area contributed by atoms with E-state index in [1.807, 2.05) is 4.90 Å². The SMILES string of the molecule is CC(C)N1C2CC1C(=O)N(C(C)(C)C)C2. The summed E-state index contributed by atoms with van der Waals surface area (Å²) >= 11 is 0. The lowest BCUT2D eigenvalue weighted by Gasteiger charge is -2.59. The van der Waals surface area contributed by atoms with Gasteiger partial charge in [-0.15, -0.1) is 0 Å². The predicted molar refractivity (Wildman–Crippen MR) is 60.6 cm³/mol. The van der Waals surface area contributed by atoms with Gasteiger partial charge in [0, 0.05) is 24.2 Å². The fourth-order valence-corrected chi connectivity index (χ4v) is 2.88. The lowest BCUT2D eigenvalue weighted by molar-refractivity contribution is -0.171. The Kier molecular flexibility index (Phi) is 2.34. The average molecular weight is 210 g/mol. The van der Waals surface area contributed by atoms with E-state index in [1.54, 1.807) is 0 Å². The van der Waals surface area contributed by atoms with Gasteiger partial charge in [0.1, 0.15) is 0 Å². The van der Waals surface area contributed by atoms with Crippen LogP contribution >= 0.6 is 0 Å². The molecule has 86 valence electrons. The molecule has 0 aromatic carbocycles. The van der Waals surface area contributed by atoms with Gasteiger partial charge in [0.15, 0.2) is 0 Å². The molecule has 3 fully saturated rings. The van der Waals surface area contributed by atoms with Crippen molar-refractivity contribution in [1.29, 1.82) is 0 Å². The molecule has 0 saturated carbocycles. The summed E-state index contributed by atoms with van der Waals surface area (Å²) in [6, 6.07) is 1.27. The second-order valence-electron chi connectivity index (χ2n) is 6.07. The van der Waals surface area contributed by atoms with Crippen LogP contribution in [0.3, 0.4) is 0 Å². The van der Waals surface area contributed by atoms with Crippen LogP contribution in [0.5, 0.6) is 0 Å². The summed E-state index contributed by atoms with van der Waals surface area (Å²) in [7, 11) is 0. The lowest BCUT2D eigenvalue weighted by Crippen LogP contribution is -2.75. The molecule has 3 saturated heterocycles. The van der Waals surface area contributed by atoms with Crippen molar-refractivity contribution in [2.24, 2.45) is 0 Å². The van der Waals surface area contributed by atoms with Crippen LogP contribution in [0.15, 0.2) is 0 Å². The van der Waals surface area contributed by atoms with E-state index in [1.165, 1.54) is 0 Å². The number of carbonyl (C=O) groups is 1. The van der Waals surface area contributed by atoms with Crippen LogP contribution in [0.2, 0.25) is 0 Å². The van der Waals surface area contributed by atoms with Gasteiger partial charge in [-0.25, -0.2) is 0 Å². The van der Waals surface area contributed by atoms with Crippen molar-refractivity contribution in [2.45, 2.75) is 64.7 Å². The number of piperidine rings is 1. The van der Waals surface area contributed by atoms with Crippen molar-refractivity contribution in [1.82, 2.24) is 9.80 Å². The molecule has 3 heterocycles. The highest BCUT2D eigenvalue weighted by Crippen LogP contribution is 2.37. The quantitative estimate of drug-likeness (QED) is 0.654. The molecule has 3 rings (SSSR count). The highest BCUT2D eigenvalue weighted by Gasteiger charge is 2.52. The molecule has 0 spiro atoms. The number of carbonyl (C=O) groups excluding carboxylic acids is 1. The molecule has 1 amide bonds.